The summed E-state index contributed by atoms with van der Waals surface area (Å²) in [5.41, 5.74) is 3.84. The molecule has 0 aliphatic heterocycles. The maximum Gasteiger partial charge on any atom is 0.243 e. The summed E-state index contributed by atoms with van der Waals surface area (Å²) in [7, 11) is -1.66. The van der Waals surface area contributed by atoms with E-state index in [1.807, 2.05) is 32.4 Å². The summed E-state index contributed by atoms with van der Waals surface area (Å²) in [4.78, 5) is 17.5. The molecule has 1 unspecified atom stereocenters. The summed E-state index contributed by atoms with van der Waals surface area (Å²) in [6.45, 7) is 10.9. The third-order valence-electron chi connectivity index (χ3n) is 6.36. The molecule has 1 aromatic heterocycles. The van der Waals surface area contributed by atoms with Gasteiger partial charge in [0.05, 0.1) is 22.0 Å². The van der Waals surface area contributed by atoms with E-state index < -0.39 is 10.0 Å². The molecule has 1 atom stereocenters. The Morgan fingerprint density at radius 1 is 1.06 bits per heavy atom. The molecule has 7 nitrogen and oxygen atoms in total. The van der Waals surface area contributed by atoms with E-state index in [0.29, 0.717) is 37.4 Å². The summed E-state index contributed by atoms with van der Waals surface area (Å²) in [5, 5.41) is 3.07. The Kier molecular flexibility index (Phi) is 8.72. The van der Waals surface area contributed by atoms with Crippen LogP contribution in [0.2, 0.25) is 0 Å². The van der Waals surface area contributed by atoms with Crippen molar-refractivity contribution in [3.8, 4) is 0 Å². The van der Waals surface area contributed by atoms with Gasteiger partial charge in [-0.15, -0.1) is 0 Å². The Morgan fingerprint density at radius 2 is 1.71 bits per heavy atom. The van der Waals surface area contributed by atoms with Crippen LogP contribution in [0.4, 0.5) is 0 Å². The number of sulfonamides is 1. The molecule has 0 aliphatic rings. The van der Waals surface area contributed by atoms with Crippen LogP contribution in [0, 0.1) is 5.92 Å². The van der Waals surface area contributed by atoms with Gasteiger partial charge in [-0.25, -0.2) is 13.4 Å². The number of nitrogens with one attached hydrogen (secondary N) is 1. The van der Waals surface area contributed by atoms with Crippen molar-refractivity contribution >= 4 is 27.0 Å². The molecule has 8 heteroatoms. The molecule has 3 aromatic rings. The molecule has 3 rings (SSSR count). The Balaban J connectivity index is 1.66. The van der Waals surface area contributed by atoms with Crippen molar-refractivity contribution < 1.29 is 13.2 Å². The third kappa shape index (κ3) is 6.30. The normalized spacial score (nSPS) is 13.0. The van der Waals surface area contributed by atoms with Crippen molar-refractivity contribution in [2.75, 3.05) is 13.1 Å². The number of hydrogen-bond donors (Lipinski definition) is 1. The molecule has 0 fully saturated rings. The number of benzene rings is 2. The van der Waals surface area contributed by atoms with Gasteiger partial charge in [0.25, 0.3) is 0 Å². The number of carbonyl (C=O) groups excluding carboxylic acids is 1. The van der Waals surface area contributed by atoms with Crippen molar-refractivity contribution in [2.24, 2.45) is 13.0 Å². The van der Waals surface area contributed by atoms with Crippen LogP contribution in [0.15, 0.2) is 47.4 Å². The Bertz CT molecular complexity index is 1260. The van der Waals surface area contributed by atoms with Crippen LogP contribution in [0.25, 0.3) is 11.0 Å². The van der Waals surface area contributed by atoms with E-state index in [2.05, 4.69) is 48.4 Å². The average molecular weight is 499 g/mol. The third-order valence-corrected chi connectivity index (χ3v) is 8.41. The zero-order chi connectivity index (χ0) is 25.8. The lowest BCUT2D eigenvalue weighted by molar-refractivity contribution is -0.121. The summed E-state index contributed by atoms with van der Waals surface area (Å²) < 4.78 is 29.1. The average Bonchev–Trinajstić information content (AvgIpc) is 3.13. The van der Waals surface area contributed by atoms with Gasteiger partial charge < -0.3 is 9.88 Å². The Labute approximate surface area is 209 Å². The number of imidazole rings is 1. The van der Waals surface area contributed by atoms with E-state index in [1.165, 1.54) is 9.87 Å². The fourth-order valence-electron chi connectivity index (χ4n) is 4.36. The monoisotopic (exact) mass is 498 g/mol. The van der Waals surface area contributed by atoms with Crippen molar-refractivity contribution in [1.82, 2.24) is 19.2 Å². The minimum absolute atomic E-state index is 0.0411. The lowest BCUT2D eigenvalue weighted by atomic mass is 10.00. The molecule has 35 heavy (non-hydrogen) atoms. The molecule has 0 saturated heterocycles. The molecule has 0 aliphatic carbocycles. The van der Waals surface area contributed by atoms with Gasteiger partial charge in [0.15, 0.2) is 0 Å². The molecule has 1 heterocycles. The topological polar surface area (TPSA) is 84.3 Å². The first-order valence-corrected chi connectivity index (χ1v) is 13.8. The standard InChI is InChI=1S/C27H38N4O3S/c1-7-31(8-2)35(33,34)23-13-14-25-24(18-23)29-26(30(25)6)15-16-27(32)28-20(5)22-11-9-21(10-12-22)17-19(3)4/h9-14,18-20H,7-8,15-17H2,1-6H3,(H,28,32). The van der Waals surface area contributed by atoms with E-state index in [9.17, 15) is 13.2 Å². The number of hydrogen-bond acceptors (Lipinski definition) is 4. The second kappa shape index (κ2) is 11.4. The number of aromatic nitrogens is 2. The number of amides is 1. The van der Waals surface area contributed by atoms with Gasteiger partial charge in [-0.05, 0) is 48.6 Å². The highest BCUT2D eigenvalue weighted by atomic mass is 32.2. The first-order valence-electron chi connectivity index (χ1n) is 12.4. The molecule has 190 valence electrons. The van der Waals surface area contributed by atoms with Gasteiger partial charge in [0.1, 0.15) is 5.82 Å². The van der Waals surface area contributed by atoms with Crippen molar-refractivity contribution in [2.45, 2.75) is 64.8 Å². The highest BCUT2D eigenvalue weighted by Gasteiger charge is 2.23. The SMILES string of the molecule is CCN(CC)S(=O)(=O)c1ccc2c(c1)nc(CCC(=O)NC(C)c1ccc(CC(C)C)cc1)n2C. The van der Waals surface area contributed by atoms with Gasteiger partial charge in [0, 0.05) is 33.0 Å². The fourth-order valence-corrected chi connectivity index (χ4v) is 5.84. The number of rotatable bonds is 11. The van der Waals surface area contributed by atoms with Gasteiger partial charge in [-0.3, -0.25) is 4.79 Å². The number of aryl methyl sites for hydroxylation is 2. The smallest absolute Gasteiger partial charge is 0.243 e. The van der Waals surface area contributed by atoms with Crippen LogP contribution in [0.1, 0.15) is 64.0 Å². The van der Waals surface area contributed by atoms with Crippen molar-refractivity contribution in [3.05, 3.63) is 59.4 Å². The highest BCUT2D eigenvalue weighted by molar-refractivity contribution is 7.89. The van der Waals surface area contributed by atoms with Crippen LogP contribution >= 0.6 is 0 Å². The largest absolute Gasteiger partial charge is 0.350 e. The summed E-state index contributed by atoms with van der Waals surface area (Å²) in [6, 6.07) is 13.4. The molecule has 0 bridgehead atoms. The molecule has 0 radical (unpaired) electrons. The van der Waals surface area contributed by atoms with Crippen LogP contribution in [0.3, 0.4) is 0 Å². The first kappa shape index (κ1) is 26.9. The van der Waals surface area contributed by atoms with Gasteiger partial charge >= 0.3 is 0 Å². The summed E-state index contributed by atoms with van der Waals surface area (Å²) in [6.07, 6.45) is 1.81. The fraction of sp³-hybridized carbons (Fsp3) is 0.481. The lowest BCUT2D eigenvalue weighted by Gasteiger charge is -2.18. The number of nitrogens with zero attached hydrogens (tertiary/aromatic N) is 3. The zero-order valence-electron chi connectivity index (χ0n) is 21.7. The maximum absolute atomic E-state index is 12.9. The van der Waals surface area contributed by atoms with E-state index in [-0.39, 0.29) is 16.8 Å². The predicted molar refractivity (Wildman–Crippen MR) is 141 cm³/mol. The zero-order valence-corrected chi connectivity index (χ0v) is 22.5. The van der Waals surface area contributed by atoms with Gasteiger partial charge in [0.2, 0.25) is 15.9 Å². The van der Waals surface area contributed by atoms with E-state index in [1.54, 1.807) is 18.2 Å². The first-order chi connectivity index (χ1) is 16.6. The second-order valence-electron chi connectivity index (χ2n) is 9.46. The van der Waals surface area contributed by atoms with Gasteiger partial charge in [-0.2, -0.15) is 4.31 Å². The Hall–Kier alpha value is -2.71. The molecule has 0 spiro atoms. The number of fused-ring (bicyclic) bond motifs is 1. The molecule has 0 saturated carbocycles. The predicted octanol–water partition coefficient (Wildman–Crippen LogP) is 4.61. The van der Waals surface area contributed by atoms with Crippen LogP contribution in [0.5, 0.6) is 0 Å². The molecular weight excluding hydrogens is 460 g/mol. The van der Waals surface area contributed by atoms with Crippen molar-refractivity contribution in [3.63, 3.8) is 0 Å². The van der Waals surface area contributed by atoms with Crippen LogP contribution < -0.4 is 5.32 Å². The van der Waals surface area contributed by atoms with Crippen LogP contribution in [-0.4, -0.2) is 41.3 Å². The van der Waals surface area contributed by atoms with Gasteiger partial charge in [-0.1, -0.05) is 52.0 Å². The number of carbonyl (C=O) groups is 1. The van der Waals surface area contributed by atoms with E-state index >= 15 is 0 Å². The molecule has 1 N–H and O–H groups in total. The molecular formula is C27H38N4O3S. The highest BCUT2D eigenvalue weighted by Crippen LogP contribution is 2.23. The van der Waals surface area contributed by atoms with Crippen LogP contribution in [-0.2, 0) is 34.7 Å². The van der Waals surface area contributed by atoms with Crippen molar-refractivity contribution in [1.29, 1.82) is 0 Å². The maximum atomic E-state index is 12.9. The molecule has 1 amide bonds. The molecule has 2 aromatic carbocycles. The Morgan fingerprint density at radius 3 is 2.31 bits per heavy atom. The quantitative estimate of drug-likeness (QED) is 0.418. The summed E-state index contributed by atoms with van der Waals surface area (Å²) in [5.74, 6) is 1.32. The van der Waals surface area contributed by atoms with E-state index in [4.69, 9.17) is 0 Å². The van der Waals surface area contributed by atoms with E-state index in [0.717, 1.165) is 23.3 Å². The minimum Gasteiger partial charge on any atom is -0.350 e. The summed E-state index contributed by atoms with van der Waals surface area (Å²) >= 11 is 0. The second-order valence-corrected chi connectivity index (χ2v) is 11.4. The minimum atomic E-state index is -3.55. The lowest BCUT2D eigenvalue weighted by Crippen LogP contribution is -2.30.